The Morgan fingerprint density at radius 1 is 1.13 bits per heavy atom. The number of hydrogen-bond acceptors (Lipinski definition) is 1. The highest BCUT2D eigenvalue weighted by atomic mass is 28.4. The van der Waals surface area contributed by atoms with Crippen LogP contribution in [0.5, 0.6) is 5.75 Å². The SMILES string of the molecule is C[Si](C)(Oc1ccccc1)C1=CC=CC1. The smallest absolute Gasteiger partial charge is 0.273 e. The topological polar surface area (TPSA) is 9.23 Å². The first-order valence-electron chi connectivity index (χ1n) is 5.29. The van der Waals surface area contributed by atoms with Gasteiger partial charge in [-0.2, -0.15) is 0 Å². The molecule has 1 aromatic rings. The van der Waals surface area contributed by atoms with Crippen molar-refractivity contribution in [3.05, 3.63) is 53.8 Å². The number of rotatable bonds is 3. The highest BCUT2D eigenvalue weighted by Gasteiger charge is 2.29. The maximum Gasteiger partial charge on any atom is 0.273 e. The lowest BCUT2D eigenvalue weighted by molar-refractivity contribution is 0.558. The number of hydrogen-bond donors (Lipinski definition) is 0. The van der Waals surface area contributed by atoms with Crippen molar-refractivity contribution in [1.29, 1.82) is 0 Å². The van der Waals surface area contributed by atoms with Crippen LogP contribution in [0.25, 0.3) is 0 Å². The highest BCUT2D eigenvalue weighted by molar-refractivity contribution is 6.79. The maximum absolute atomic E-state index is 6.12. The zero-order valence-corrected chi connectivity index (χ0v) is 10.2. The maximum atomic E-state index is 6.12. The number of para-hydroxylation sites is 1. The quantitative estimate of drug-likeness (QED) is 0.700. The Bertz CT molecular complexity index is 390. The van der Waals surface area contributed by atoms with Gasteiger partial charge in [-0.15, -0.1) is 0 Å². The van der Waals surface area contributed by atoms with Crippen LogP contribution in [0.3, 0.4) is 0 Å². The Labute approximate surface area is 92.2 Å². The lowest BCUT2D eigenvalue weighted by Gasteiger charge is -2.25. The van der Waals surface area contributed by atoms with E-state index in [0.717, 1.165) is 12.2 Å². The van der Waals surface area contributed by atoms with E-state index in [4.69, 9.17) is 4.43 Å². The summed E-state index contributed by atoms with van der Waals surface area (Å²) in [6.07, 6.45) is 7.58. The van der Waals surface area contributed by atoms with Gasteiger partial charge in [0.1, 0.15) is 5.75 Å². The van der Waals surface area contributed by atoms with Gasteiger partial charge in [0, 0.05) is 0 Å². The summed E-state index contributed by atoms with van der Waals surface area (Å²) in [6, 6.07) is 10.1. The third kappa shape index (κ3) is 2.39. The first-order chi connectivity index (χ1) is 7.18. The fourth-order valence-corrected chi connectivity index (χ4v) is 3.71. The van der Waals surface area contributed by atoms with Crippen LogP contribution in [-0.2, 0) is 0 Å². The van der Waals surface area contributed by atoms with Crippen molar-refractivity contribution < 1.29 is 4.43 Å². The molecule has 2 rings (SSSR count). The Morgan fingerprint density at radius 3 is 2.47 bits per heavy atom. The van der Waals surface area contributed by atoms with Crippen molar-refractivity contribution in [2.45, 2.75) is 19.5 Å². The second kappa shape index (κ2) is 4.07. The molecule has 0 unspecified atom stereocenters. The molecule has 1 aliphatic carbocycles. The molecule has 0 amide bonds. The Hall–Kier alpha value is -1.28. The number of allylic oxidation sites excluding steroid dienone is 4. The summed E-state index contributed by atoms with van der Waals surface area (Å²) >= 11 is 0. The van der Waals surface area contributed by atoms with Gasteiger partial charge in [-0.05, 0) is 36.8 Å². The standard InChI is InChI=1S/C13H16OSi/c1-15(2,13-10-6-7-11-13)14-12-8-4-3-5-9-12/h3-10H,11H2,1-2H3. The summed E-state index contributed by atoms with van der Waals surface area (Å²) in [7, 11) is -1.71. The van der Waals surface area contributed by atoms with Gasteiger partial charge in [0.05, 0.1) is 0 Å². The average Bonchev–Trinajstić information content (AvgIpc) is 2.71. The molecule has 0 aliphatic heterocycles. The minimum absolute atomic E-state index is 0.988. The van der Waals surface area contributed by atoms with Gasteiger partial charge in [0.25, 0.3) is 8.32 Å². The van der Waals surface area contributed by atoms with Crippen LogP contribution in [0, 0.1) is 0 Å². The van der Waals surface area contributed by atoms with Gasteiger partial charge < -0.3 is 4.43 Å². The summed E-state index contributed by atoms with van der Waals surface area (Å²) in [4.78, 5) is 0. The molecule has 1 aliphatic rings. The first kappa shape index (κ1) is 10.2. The lowest BCUT2D eigenvalue weighted by Crippen LogP contribution is -2.36. The third-order valence-electron chi connectivity index (χ3n) is 2.66. The van der Waals surface area contributed by atoms with Crippen LogP contribution >= 0.6 is 0 Å². The van der Waals surface area contributed by atoms with E-state index in [2.05, 4.69) is 31.3 Å². The van der Waals surface area contributed by atoms with Gasteiger partial charge in [0.2, 0.25) is 0 Å². The molecule has 0 fully saturated rings. The minimum atomic E-state index is -1.71. The molecule has 0 spiro atoms. The van der Waals surface area contributed by atoms with Gasteiger partial charge in [-0.1, -0.05) is 36.4 Å². The average molecular weight is 216 g/mol. The van der Waals surface area contributed by atoms with Gasteiger partial charge in [-0.25, -0.2) is 0 Å². The molecule has 1 nitrogen and oxygen atoms in total. The molecule has 0 radical (unpaired) electrons. The predicted molar refractivity (Wildman–Crippen MR) is 66.4 cm³/mol. The van der Waals surface area contributed by atoms with Crippen LogP contribution in [0.1, 0.15) is 6.42 Å². The van der Waals surface area contributed by atoms with Crippen LogP contribution < -0.4 is 4.43 Å². The zero-order valence-electron chi connectivity index (χ0n) is 9.23. The van der Waals surface area contributed by atoms with E-state index in [-0.39, 0.29) is 0 Å². The second-order valence-corrected chi connectivity index (χ2v) is 8.12. The van der Waals surface area contributed by atoms with Gasteiger partial charge in [-0.3, -0.25) is 0 Å². The molecule has 0 bridgehead atoms. The summed E-state index contributed by atoms with van der Waals surface area (Å²) < 4.78 is 6.12. The molecular formula is C13H16OSi. The van der Waals surface area contributed by atoms with E-state index in [1.165, 1.54) is 5.20 Å². The van der Waals surface area contributed by atoms with Crippen molar-refractivity contribution in [2.24, 2.45) is 0 Å². The van der Waals surface area contributed by atoms with Crippen molar-refractivity contribution in [2.75, 3.05) is 0 Å². The van der Waals surface area contributed by atoms with E-state index < -0.39 is 8.32 Å². The van der Waals surface area contributed by atoms with Crippen LogP contribution in [0.15, 0.2) is 53.8 Å². The third-order valence-corrected chi connectivity index (χ3v) is 5.32. The lowest BCUT2D eigenvalue weighted by atomic mass is 10.3. The second-order valence-electron chi connectivity index (χ2n) is 4.25. The Morgan fingerprint density at radius 2 is 1.87 bits per heavy atom. The van der Waals surface area contributed by atoms with E-state index in [9.17, 15) is 0 Å². The van der Waals surface area contributed by atoms with Crippen LogP contribution in [0.2, 0.25) is 13.1 Å². The molecule has 15 heavy (non-hydrogen) atoms. The summed E-state index contributed by atoms with van der Waals surface area (Å²) in [5, 5.41) is 1.46. The van der Waals surface area contributed by atoms with E-state index in [1.807, 2.05) is 30.3 Å². The van der Waals surface area contributed by atoms with E-state index in [1.54, 1.807) is 0 Å². The normalized spacial score (nSPS) is 15.2. The molecule has 0 heterocycles. The van der Waals surface area contributed by atoms with Gasteiger partial charge in [0.15, 0.2) is 0 Å². The van der Waals surface area contributed by atoms with Crippen molar-refractivity contribution >= 4 is 8.32 Å². The van der Waals surface area contributed by atoms with Crippen molar-refractivity contribution in [3.63, 3.8) is 0 Å². The fourth-order valence-electron chi connectivity index (χ4n) is 1.74. The molecule has 0 saturated carbocycles. The fraction of sp³-hybridized carbons (Fsp3) is 0.231. The largest absolute Gasteiger partial charge is 0.540 e. The monoisotopic (exact) mass is 216 g/mol. The Kier molecular flexibility index (Phi) is 2.78. The molecule has 78 valence electrons. The van der Waals surface area contributed by atoms with E-state index >= 15 is 0 Å². The van der Waals surface area contributed by atoms with Crippen molar-refractivity contribution in [3.8, 4) is 5.75 Å². The summed E-state index contributed by atoms with van der Waals surface area (Å²) in [5.74, 6) is 0.988. The molecule has 1 aromatic carbocycles. The zero-order chi connectivity index (χ0) is 10.7. The number of benzene rings is 1. The summed E-state index contributed by atoms with van der Waals surface area (Å²) in [6.45, 7) is 4.50. The van der Waals surface area contributed by atoms with E-state index in [0.29, 0.717) is 0 Å². The van der Waals surface area contributed by atoms with Crippen LogP contribution in [-0.4, -0.2) is 8.32 Å². The first-order valence-corrected chi connectivity index (χ1v) is 8.19. The molecule has 0 aromatic heterocycles. The Balaban J connectivity index is 2.11. The van der Waals surface area contributed by atoms with Gasteiger partial charge >= 0.3 is 0 Å². The predicted octanol–water partition coefficient (Wildman–Crippen LogP) is 3.70. The molecule has 0 N–H and O–H groups in total. The summed E-state index contributed by atoms with van der Waals surface area (Å²) in [5.41, 5.74) is 0. The van der Waals surface area contributed by atoms with Crippen LogP contribution in [0.4, 0.5) is 0 Å². The van der Waals surface area contributed by atoms with Crippen molar-refractivity contribution in [1.82, 2.24) is 0 Å². The minimum Gasteiger partial charge on any atom is -0.540 e. The highest BCUT2D eigenvalue weighted by Crippen LogP contribution is 2.26. The molecule has 0 saturated heterocycles. The molecule has 2 heteroatoms. The molecular weight excluding hydrogens is 200 g/mol. The molecule has 0 atom stereocenters.